The second kappa shape index (κ2) is 20.9. The number of aryl methyl sites for hydroxylation is 1. The molecule has 21 nitrogen and oxygen atoms in total. The van der Waals surface area contributed by atoms with Gasteiger partial charge in [-0.2, -0.15) is 0 Å². The number of aromatic nitrogens is 2. The van der Waals surface area contributed by atoms with Crippen molar-refractivity contribution in [2.24, 2.45) is 23.5 Å². The van der Waals surface area contributed by atoms with E-state index in [1.807, 2.05) is 6.92 Å². The van der Waals surface area contributed by atoms with Gasteiger partial charge in [0, 0.05) is 28.5 Å². The number of nitrogens with zero attached hydrogens (tertiary/aromatic N) is 2. The third-order valence-electron chi connectivity index (χ3n) is 13.9. The van der Waals surface area contributed by atoms with E-state index in [2.05, 4.69) is 16.0 Å². The smallest absolute Gasteiger partial charge is 0.343 e. The van der Waals surface area contributed by atoms with Crippen LogP contribution in [0.3, 0.4) is 0 Å². The lowest BCUT2D eigenvalue weighted by Gasteiger charge is -2.40. The summed E-state index contributed by atoms with van der Waals surface area (Å²) < 4.78 is 38.7. The summed E-state index contributed by atoms with van der Waals surface area (Å²) in [4.78, 5) is 85.4. The van der Waals surface area contributed by atoms with Crippen LogP contribution in [0.2, 0.25) is 0 Å². The number of cyclic esters (lactones) is 1. The largest absolute Gasteiger partial charge is 0.458 e. The number of fused-ring (bicyclic) bond motifs is 5. The maximum absolute atomic E-state index is 15.4. The molecule has 10 atom stereocenters. The van der Waals surface area contributed by atoms with Crippen LogP contribution in [0, 0.1) is 30.5 Å². The molecule has 0 spiro atoms. The Morgan fingerprint density at radius 2 is 1.80 bits per heavy atom. The van der Waals surface area contributed by atoms with Gasteiger partial charge in [-0.25, -0.2) is 14.2 Å². The number of aliphatic hydroxyl groups is 5. The Morgan fingerprint density at radius 3 is 2.46 bits per heavy atom. The van der Waals surface area contributed by atoms with Gasteiger partial charge >= 0.3 is 5.97 Å². The number of primary amides is 1. The number of amides is 4. The average molecular weight is 969 g/mol. The van der Waals surface area contributed by atoms with Crippen LogP contribution in [0.25, 0.3) is 22.3 Å². The molecule has 1 aliphatic carbocycles. The van der Waals surface area contributed by atoms with E-state index in [0.717, 1.165) is 6.42 Å². The second-order valence-electron chi connectivity index (χ2n) is 18.5. The van der Waals surface area contributed by atoms with Gasteiger partial charge in [0.25, 0.3) is 5.56 Å². The van der Waals surface area contributed by atoms with Crippen molar-refractivity contribution in [2.45, 2.75) is 135 Å². The molecule has 2 aromatic heterocycles. The van der Waals surface area contributed by atoms with Crippen LogP contribution in [0.1, 0.15) is 99.2 Å². The van der Waals surface area contributed by atoms with E-state index in [4.69, 9.17) is 29.7 Å². The highest BCUT2D eigenvalue weighted by atomic mass is 19.1. The first-order valence-electron chi connectivity index (χ1n) is 23.3. The quantitative estimate of drug-likeness (QED) is 0.0328. The number of hydrogen-bond donors (Lipinski definition) is 9. The molecule has 10 N–H and O–H groups in total. The zero-order valence-corrected chi connectivity index (χ0v) is 39.1. The van der Waals surface area contributed by atoms with Crippen molar-refractivity contribution in [1.29, 1.82) is 0 Å². The molecule has 1 saturated heterocycles. The number of carbonyl (C=O) groups is 5. The fourth-order valence-electron chi connectivity index (χ4n) is 10.0. The number of nitrogens with two attached hydrogens (primary N) is 1. The van der Waals surface area contributed by atoms with Gasteiger partial charge in [-0.05, 0) is 61.3 Å². The molecule has 0 saturated carbocycles. The summed E-state index contributed by atoms with van der Waals surface area (Å²) in [5.74, 6) is -6.50. The summed E-state index contributed by atoms with van der Waals surface area (Å²) in [6.45, 7) is 5.74. The maximum Gasteiger partial charge on any atom is 0.343 e. The van der Waals surface area contributed by atoms with Crippen molar-refractivity contribution in [2.75, 3.05) is 26.6 Å². The topological polar surface area (TPSA) is 320 Å². The number of aliphatic hydroxyl groups excluding tert-OH is 4. The Labute approximate surface area is 395 Å². The molecule has 7 rings (SSSR count). The van der Waals surface area contributed by atoms with E-state index in [1.54, 1.807) is 33.8 Å². The van der Waals surface area contributed by atoms with E-state index in [-0.39, 0.29) is 36.2 Å². The van der Waals surface area contributed by atoms with Crippen molar-refractivity contribution in [1.82, 2.24) is 25.5 Å². The third-order valence-corrected chi connectivity index (χ3v) is 13.9. The lowest BCUT2D eigenvalue weighted by molar-refractivity contribution is -0.301. The van der Waals surface area contributed by atoms with Crippen LogP contribution in [0.5, 0.6) is 0 Å². The molecule has 22 heteroatoms. The van der Waals surface area contributed by atoms with E-state index in [0.29, 0.717) is 64.7 Å². The molecular weight excluding hydrogens is 908 g/mol. The number of pyridine rings is 2. The summed E-state index contributed by atoms with van der Waals surface area (Å²) in [6, 6.07) is 0.622. The monoisotopic (exact) mass is 968 g/mol. The molecule has 0 radical (unpaired) electrons. The Hall–Kier alpha value is -5.46. The van der Waals surface area contributed by atoms with Crippen LogP contribution in [0.15, 0.2) is 16.9 Å². The molecular formula is C47H61FN6O15. The molecule has 5 heterocycles. The van der Waals surface area contributed by atoms with Gasteiger partial charge < -0.3 is 70.7 Å². The third kappa shape index (κ3) is 9.72. The van der Waals surface area contributed by atoms with E-state index >= 15 is 4.39 Å². The summed E-state index contributed by atoms with van der Waals surface area (Å²) in [6.07, 6.45) is -6.00. The number of halogens is 1. The van der Waals surface area contributed by atoms with Gasteiger partial charge in [0.15, 0.2) is 11.9 Å². The van der Waals surface area contributed by atoms with Crippen LogP contribution < -0.4 is 27.2 Å². The molecule has 3 aliphatic heterocycles. The van der Waals surface area contributed by atoms with Crippen molar-refractivity contribution in [3.05, 3.63) is 61.7 Å². The molecule has 4 aliphatic rings. The van der Waals surface area contributed by atoms with E-state index in [1.165, 1.54) is 10.6 Å². The van der Waals surface area contributed by atoms with Gasteiger partial charge in [0.1, 0.15) is 56.2 Å². The first-order valence-corrected chi connectivity index (χ1v) is 23.3. The lowest BCUT2D eigenvalue weighted by atomic mass is 9.79. The minimum Gasteiger partial charge on any atom is -0.458 e. The summed E-state index contributed by atoms with van der Waals surface area (Å²) in [7, 11) is 0. The number of ether oxygens (including phenoxy) is 4. The molecule has 376 valence electrons. The highest BCUT2D eigenvalue weighted by molar-refractivity contribution is 5.94. The second-order valence-corrected chi connectivity index (χ2v) is 18.5. The minimum absolute atomic E-state index is 0.0238. The summed E-state index contributed by atoms with van der Waals surface area (Å²) in [5.41, 5.74) is 6.65. The van der Waals surface area contributed by atoms with Crippen LogP contribution in [-0.4, -0.2) is 128 Å². The van der Waals surface area contributed by atoms with Gasteiger partial charge in [0.05, 0.1) is 54.2 Å². The molecule has 0 bridgehead atoms. The molecule has 1 aromatic carbocycles. The molecule has 69 heavy (non-hydrogen) atoms. The number of nitrogens with one attached hydrogen (secondary N) is 3. The molecule has 1 fully saturated rings. The van der Waals surface area contributed by atoms with Crippen molar-refractivity contribution in [3.63, 3.8) is 0 Å². The summed E-state index contributed by atoms with van der Waals surface area (Å²) in [5, 5.41) is 60.8. The van der Waals surface area contributed by atoms with Gasteiger partial charge in [-0.3, -0.25) is 24.0 Å². The predicted molar refractivity (Wildman–Crippen MR) is 240 cm³/mol. The Bertz CT molecular complexity index is 2570. The fourth-order valence-corrected chi connectivity index (χ4v) is 10.0. The SMILES string of the molecule is CCCCC(C(N)=O)[C@@H](C(=O)N[C@@H](CO[C@@H]1O[C@H](CO)[C@H](O)[C@H](O)[C@H]1O)C(=O)NCOCC(=O)N[C@H]1CCc2c(C)c(F)cc3nc4c(c1c23)Cn1c-4cc2c(c1=O)COC(=O)[C@]2(O)CC)C(C)C. The average Bonchev–Trinajstić information content (AvgIpc) is 3.69. The van der Waals surface area contributed by atoms with Crippen molar-refractivity contribution >= 4 is 40.5 Å². The normalized spacial score (nSPS) is 25.0. The van der Waals surface area contributed by atoms with Gasteiger partial charge in [-0.15, -0.1) is 0 Å². The minimum atomic E-state index is -2.07. The maximum atomic E-state index is 15.4. The van der Waals surface area contributed by atoms with Gasteiger partial charge in [-0.1, -0.05) is 40.5 Å². The molecule has 4 amide bonds. The zero-order valence-electron chi connectivity index (χ0n) is 39.1. The van der Waals surface area contributed by atoms with Crippen LogP contribution in [-0.2, 0) is 68.1 Å². The highest BCUT2D eigenvalue weighted by Crippen LogP contribution is 2.46. The number of rotatable bonds is 19. The predicted octanol–water partition coefficient (Wildman–Crippen LogP) is -0.414. The number of esters is 1. The number of hydrogen-bond acceptors (Lipinski definition) is 16. The van der Waals surface area contributed by atoms with Crippen LogP contribution >= 0.6 is 0 Å². The number of benzene rings is 1. The van der Waals surface area contributed by atoms with Crippen molar-refractivity contribution < 1.29 is 72.8 Å². The Balaban J connectivity index is 1.08. The fraction of sp³-hybridized carbons (Fsp3) is 0.596. The van der Waals surface area contributed by atoms with Crippen molar-refractivity contribution in [3.8, 4) is 11.4 Å². The van der Waals surface area contributed by atoms with E-state index in [9.17, 15) is 54.3 Å². The number of unbranched alkanes of at least 4 members (excludes halogenated alkanes) is 1. The standard InChI is InChI=1S/C47H61FN6O15/c1-6-8-9-23(41(49)60)34(20(3)4)43(62)53-30(17-67-45-40(59)39(58)38(57)32(15-55)69-45)42(61)50-19-66-18-33(56)51-28-11-10-22-21(5)27(48)13-29-35(22)36(28)24-14-54-31(37(24)52-29)12-26-25(44(54)63)16-68-46(64)47(26,65)7-2/h12-13,20,23,28,30,32,34,38-40,45,55,57-59,65H,6-11,14-19H2,1-5H3,(H2,49,60)(H,50,61)(H,51,56)(H,53,62)/t23?,28-,30-,32+,34-,38-,39-,40+,45+,47-/m0/s1. The molecule has 3 aromatic rings. The first-order chi connectivity index (χ1) is 32.8. The number of carbonyl (C=O) groups excluding carboxylic acids is 5. The lowest BCUT2D eigenvalue weighted by Crippen LogP contribution is -2.60. The molecule has 1 unspecified atom stereocenters. The summed E-state index contributed by atoms with van der Waals surface area (Å²) >= 11 is 0. The van der Waals surface area contributed by atoms with Crippen LogP contribution in [0.4, 0.5) is 4.39 Å². The Morgan fingerprint density at radius 1 is 1.06 bits per heavy atom. The first kappa shape index (κ1) is 51.4. The zero-order chi connectivity index (χ0) is 50.2. The van der Waals surface area contributed by atoms with E-state index < -0.39 is 134 Å². The Kier molecular flexibility index (Phi) is 15.5. The van der Waals surface area contributed by atoms with Gasteiger partial charge in [0.2, 0.25) is 23.6 Å². The highest BCUT2D eigenvalue weighted by Gasteiger charge is 2.47.